The molecule has 7 heteroatoms. The molecule has 0 spiro atoms. The summed E-state index contributed by atoms with van der Waals surface area (Å²) in [4.78, 5) is 28.9. The minimum absolute atomic E-state index is 0.0766. The van der Waals surface area contributed by atoms with E-state index in [-0.39, 0.29) is 25.2 Å². The van der Waals surface area contributed by atoms with Crippen molar-refractivity contribution in [3.63, 3.8) is 0 Å². The number of aryl methyl sites for hydroxylation is 2. The summed E-state index contributed by atoms with van der Waals surface area (Å²) in [6, 6.07) is 10.9. The van der Waals surface area contributed by atoms with Crippen molar-refractivity contribution in [1.82, 2.24) is 10.1 Å². The topological polar surface area (TPSA) is 82.3 Å². The minimum Gasteiger partial charge on any atom is -0.457 e. The maximum Gasteiger partial charge on any atom is 0.306 e. The molecule has 0 saturated carbocycles. The fraction of sp³-hybridized carbons (Fsp3) is 0.222. The van der Waals surface area contributed by atoms with Crippen LogP contribution in [-0.2, 0) is 16.0 Å². The summed E-state index contributed by atoms with van der Waals surface area (Å²) in [7, 11) is 0. The lowest BCUT2D eigenvalue weighted by atomic mass is 10.1. The number of benzene rings is 1. The summed E-state index contributed by atoms with van der Waals surface area (Å²) in [5.41, 5.74) is 1.59. The van der Waals surface area contributed by atoms with Gasteiger partial charge in [0.25, 0.3) is 0 Å². The quantitative estimate of drug-likeness (QED) is 0.476. The number of carbonyl (C=O) groups excluding carboxylic acids is 2. The van der Waals surface area contributed by atoms with Crippen molar-refractivity contribution in [2.75, 3.05) is 6.61 Å². The first-order valence-corrected chi connectivity index (χ1v) is 8.62. The molecule has 3 rings (SSSR count). The number of hydrogen-bond donors (Lipinski definition) is 0. The first kappa shape index (κ1) is 17.0. The lowest BCUT2D eigenvalue weighted by Gasteiger charge is -2.04. The fourth-order valence-electron chi connectivity index (χ4n) is 2.11. The Balaban J connectivity index is 1.45. The number of esters is 1. The van der Waals surface area contributed by atoms with Crippen molar-refractivity contribution < 1.29 is 18.8 Å². The van der Waals surface area contributed by atoms with Crippen LogP contribution in [0.25, 0.3) is 10.7 Å². The predicted molar refractivity (Wildman–Crippen MR) is 92.4 cm³/mol. The molecule has 2 heterocycles. The smallest absolute Gasteiger partial charge is 0.306 e. The number of ether oxygens (including phenoxy) is 1. The lowest BCUT2D eigenvalue weighted by molar-refractivity contribution is -0.142. The maximum atomic E-state index is 12.0. The Labute approximate surface area is 148 Å². The van der Waals surface area contributed by atoms with Crippen LogP contribution in [-0.4, -0.2) is 28.5 Å². The van der Waals surface area contributed by atoms with E-state index in [2.05, 4.69) is 10.1 Å². The molecule has 6 nitrogen and oxygen atoms in total. The van der Waals surface area contributed by atoms with Crippen molar-refractivity contribution in [3.05, 3.63) is 58.8 Å². The van der Waals surface area contributed by atoms with Crippen LogP contribution in [0.1, 0.15) is 28.2 Å². The molecule has 25 heavy (non-hydrogen) atoms. The monoisotopic (exact) mass is 356 g/mol. The van der Waals surface area contributed by atoms with Gasteiger partial charge in [0.1, 0.15) is 0 Å². The van der Waals surface area contributed by atoms with E-state index in [1.165, 1.54) is 11.3 Å². The van der Waals surface area contributed by atoms with E-state index in [9.17, 15) is 9.59 Å². The van der Waals surface area contributed by atoms with E-state index in [0.29, 0.717) is 17.3 Å². The molecule has 0 amide bonds. The standard InChI is InChI=1S/C18H16N2O4S/c1-12-4-6-13(7-5-12)14(21)11-23-17(22)9-8-16-19-18(20-24-16)15-3-2-10-25-15/h2-7,10H,8-9,11H2,1H3. The average molecular weight is 356 g/mol. The van der Waals surface area contributed by atoms with Crippen LogP contribution in [0.4, 0.5) is 0 Å². The Bertz CT molecular complexity index is 854. The van der Waals surface area contributed by atoms with Crippen LogP contribution in [0.3, 0.4) is 0 Å². The Hall–Kier alpha value is -2.80. The normalized spacial score (nSPS) is 10.6. The summed E-state index contributed by atoms with van der Waals surface area (Å²) in [6.07, 6.45) is 0.350. The highest BCUT2D eigenvalue weighted by Gasteiger charge is 2.13. The highest BCUT2D eigenvalue weighted by Crippen LogP contribution is 2.21. The van der Waals surface area contributed by atoms with Crippen LogP contribution >= 0.6 is 11.3 Å². The van der Waals surface area contributed by atoms with Crippen LogP contribution < -0.4 is 0 Å². The summed E-state index contributed by atoms with van der Waals surface area (Å²) < 4.78 is 10.1. The Kier molecular flexibility index (Phi) is 5.35. The Morgan fingerprint density at radius 1 is 1.20 bits per heavy atom. The third-order valence-corrected chi connectivity index (χ3v) is 4.36. The zero-order chi connectivity index (χ0) is 17.6. The molecule has 128 valence electrons. The first-order chi connectivity index (χ1) is 12.1. The van der Waals surface area contributed by atoms with Gasteiger partial charge in [-0.3, -0.25) is 9.59 Å². The van der Waals surface area contributed by atoms with Gasteiger partial charge in [-0.25, -0.2) is 0 Å². The second-order valence-corrected chi connectivity index (χ2v) is 6.39. The van der Waals surface area contributed by atoms with E-state index in [1.54, 1.807) is 12.1 Å². The third-order valence-electron chi connectivity index (χ3n) is 3.49. The van der Waals surface area contributed by atoms with Crippen LogP contribution in [0.2, 0.25) is 0 Å². The highest BCUT2D eigenvalue weighted by atomic mass is 32.1. The van der Waals surface area contributed by atoms with Crippen LogP contribution in [0, 0.1) is 6.92 Å². The second kappa shape index (κ2) is 7.85. The molecule has 0 aliphatic carbocycles. The number of ketones is 1. The molecule has 0 fully saturated rings. The number of nitrogens with zero attached hydrogens (tertiary/aromatic N) is 2. The van der Waals surface area contributed by atoms with Gasteiger partial charge in [0.05, 0.1) is 11.3 Å². The van der Waals surface area contributed by atoms with E-state index in [0.717, 1.165) is 10.4 Å². The molecule has 0 aliphatic heterocycles. The summed E-state index contributed by atoms with van der Waals surface area (Å²) in [6.45, 7) is 1.67. The van der Waals surface area contributed by atoms with E-state index < -0.39 is 5.97 Å². The van der Waals surface area contributed by atoms with Gasteiger partial charge in [-0.15, -0.1) is 11.3 Å². The molecule has 0 aliphatic rings. The van der Waals surface area contributed by atoms with Gasteiger partial charge in [-0.1, -0.05) is 41.1 Å². The van der Waals surface area contributed by atoms with E-state index >= 15 is 0 Å². The van der Waals surface area contributed by atoms with E-state index in [1.807, 2.05) is 36.6 Å². The van der Waals surface area contributed by atoms with Crippen molar-refractivity contribution in [2.45, 2.75) is 19.8 Å². The lowest BCUT2D eigenvalue weighted by Crippen LogP contribution is -2.14. The van der Waals surface area contributed by atoms with Gasteiger partial charge in [0.15, 0.2) is 12.4 Å². The van der Waals surface area contributed by atoms with Crippen LogP contribution in [0.5, 0.6) is 0 Å². The molecule has 2 aromatic heterocycles. The van der Waals surface area contributed by atoms with Gasteiger partial charge < -0.3 is 9.26 Å². The number of Topliss-reactive ketones (excluding diaryl/α,β-unsaturated/α-hetero) is 1. The van der Waals surface area contributed by atoms with Gasteiger partial charge >= 0.3 is 5.97 Å². The molecule has 1 aromatic carbocycles. The second-order valence-electron chi connectivity index (χ2n) is 5.44. The minimum atomic E-state index is -0.476. The number of carbonyl (C=O) groups is 2. The predicted octanol–water partition coefficient (Wildman–Crippen LogP) is 3.47. The number of aromatic nitrogens is 2. The summed E-state index contributed by atoms with van der Waals surface area (Å²) in [5.74, 6) is 0.167. The number of rotatable bonds is 7. The van der Waals surface area contributed by atoms with Gasteiger partial charge in [0, 0.05) is 12.0 Å². The molecule has 0 saturated heterocycles. The molecular formula is C18H16N2O4S. The highest BCUT2D eigenvalue weighted by molar-refractivity contribution is 7.13. The average Bonchev–Trinajstić information content (AvgIpc) is 3.29. The fourth-order valence-corrected chi connectivity index (χ4v) is 2.76. The largest absolute Gasteiger partial charge is 0.457 e. The summed E-state index contributed by atoms with van der Waals surface area (Å²) >= 11 is 1.51. The Morgan fingerprint density at radius 2 is 2.00 bits per heavy atom. The van der Waals surface area contributed by atoms with E-state index in [4.69, 9.17) is 9.26 Å². The molecular weight excluding hydrogens is 340 g/mol. The van der Waals surface area contributed by atoms with Crippen molar-refractivity contribution in [1.29, 1.82) is 0 Å². The number of thiophene rings is 1. The molecule has 0 radical (unpaired) electrons. The van der Waals surface area contributed by atoms with Gasteiger partial charge in [-0.2, -0.15) is 4.98 Å². The zero-order valence-electron chi connectivity index (χ0n) is 13.6. The third kappa shape index (κ3) is 4.60. The molecule has 0 unspecified atom stereocenters. The number of hydrogen-bond acceptors (Lipinski definition) is 7. The summed E-state index contributed by atoms with van der Waals surface area (Å²) in [5, 5.41) is 5.80. The first-order valence-electron chi connectivity index (χ1n) is 7.74. The maximum absolute atomic E-state index is 12.0. The van der Waals surface area contributed by atoms with Crippen molar-refractivity contribution >= 4 is 23.1 Å². The Morgan fingerprint density at radius 3 is 2.72 bits per heavy atom. The molecule has 0 bridgehead atoms. The van der Waals surface area contributed by atoms with Gasteiger partial charge in [0.2, 0.25) is 11.7 Å². The molecule has 0 atom stereocenters. The molecule has 0 N–H and O–H groups in total. The SMILES string of the molecule is Cc1ccc(C(=O)COC(=O)CCc2nc(-c3cccs3)no2)cc1. The molecule has 3 aromatic rings. The van der Waals surface area contributed by atoms with Gasteiger partial charge in [-0.05, 0) is 18.4 Å². The van der Waals surface area contributed by atoms with Crippen LogP contribution in [0.15, 0.2) is 46.3 Å². The van der Waals surface area contributed by atoms with Crippen molar-refractivity contribution in [3.8, 4) is 10.7 Å². The van der Waals surface area contributed by atoms with Crippen molar-refractivity contribution in [2.24, 2.45) is 0 Å². The zero-order valence-corrected chi connectivity index (χ0v) is 14.4.